The van der Waals surface area contributed by atoms with E-state index >= 15 is 0 Å². The van der Waals surface area contributed by atoms with Gasteiger partial charge < -0.3 is 10.2 Å². The molecular formula is C21H22N4O2S. The average molecular weight is 395 g/mol. The number of rotatable bonds is 5. The van der Waals surface area contributed by atoms with Gasteiger partial charge in [0.1, 0.15) is 0 Å². The molecule has 0 saturated carbocycles. The van der Waals surface area contributed by atoms with Crippen molar-refractivity contribution in [2.75, 3.05) is 18.0 Å². The first-order valence-corrected chi connectivity index (χ1v) is 10.3. The molecule has 1 aliphatic rings. The minimum atomic E-state index is -0.103. The normalized spacial score (nSPS) is 14.8. The van der Waals surface area contributed by atoms with Crippen LogP contribution in [0.2, 0.25) is 0 Å². The summed E-state index contributed by atoms with van der Waals surface area (Å²) in [5.41, 5.74) is 2.51. The van der Waals surface area contributed by atoms with Crippen molar-refractivity contribution in [1.82, 2.24) is 15.1 Å². The lowest BCUT2D eigenvalue weighted by molar-refractivity contribution is 0.0931. The number of thiophene rings is 1. The monoisotopic (exact) mass is 394 g/mol. The lowest BCUT2D eigenvalue weighted by atomic mass is 10.0. The fourth-order valence-corrected chi connectivity index (χ4v) is 4.05. The van der Waals surface area contributed by atoms with Crippen LogP contribution in [0.25, 0.3) is 0 Å². The van der Waals surface area contributed by atoms with E-state index in [1.165, 1.54) is 16.0 Å². The van der Waals surface area contributed by atoms with Crippen molar-refractivity contribution < 1.29 is 4.79 Å². The Morgan fingerprint density at radius 1 is 1.18 bits per heavy atom. The van der Waals surface area contributed by atoms with Crippen LogP contribution in [0.15, 0.2) is 64.2 Å². The van der Waals surface area contributed by atoms with Crippen LogP contribution in [0.5, 0.6) is 0 Å². The molecule has 0 spiro atoms. The Labute approximate surface area is 167 Å². The second-order valence-electron chi connectivity index (χ2n) is 6.94. The summed E-state index contributed by atoms with van der Waals surface area (Å²) in [6.07, 6.45) is 3.46. The summed E-state index contributed by atoms with van der Waals surface area (Å²) in [4.78, 5) is 26.8. The summed E-state index contributed by atoms with van der Waals surface area (Å²) < 4.78 is 1.48. The van der Waals surface area contributed by atoms with E-state index in [0.717, 1.165) is 42.7 Å². The number of nitrogens with one attached hydrogen (secondary N) is 1. The summed E-state index contributed by atoms with van der Waals surface area (Å²) in [5.74, 6) is -0.00937. The van der Waals surface area contributed by atoms with Crippen molar-refractivity contribution in [2.45, 2.75) is 25.4 Å². The molecule has 1 aromatic carbocycles. The SMILES string of the molecule is O=C(NC1CCN(c2cnn(Cc3ccccc3)c(=O)c2)CC1)c1ccsc1. The molecule has 4 rings (SSSR count). The maximum atomic E-state index is 12.4. The molecule has 1 aliphatic heterocycles. The van der Waals surface area contributed by atoms with Crippen LogP contribution in [-0.4, -0.2) is 34.8 Å². The molecule has 0 bridgehead atoms. The molecule has 7 heteroatoms. The zero-order valence-electron chi connectivity index (χ0n) is 15.5. The van der Waals surface area contributed by atoms with Gasteiger partial charge in [0, 0.05) is 36.1 Å². The Morgan fingerprint density at radius 3 is 2.64 bits per heavy atom. The Kier molecular flexibility index (Phi) is 5.53. The third-order valence-corrected chi connectivity index (χ3v) is 5.69. The van der Waals surface area contributed by atoms with E-state index in [1.54, 1.807) is 12.3 Å². The van der Waals surface area contributed by atoms with Crippen molar-refractivity contribution in [1.29, 1.82) is 0 Å². The predicted octanol–water partition coefficient (Wildman–Crippen LogP) is 2.75. The zero-order valence-corrected chi connectivity index (χ0v) is 16.3. The summed E-state index contributed by atoms with van der Waals surface area (Å²) >= 11 is 1.52. The van der Waals surface area contributed by atoms with Gasteiger partial charge >= 0.3 is 0 Å². The van der Waals surface area contributed by atoms with Gasteiger partial charge in [0.05, 0.1) is 18.4 Å². The summed E-state index contributed by atoms with van der Waals surface area (Å²) in [7, 11) is 0. The van der Waals surface area contributed by atoms with Gasteiger partial charge in [0.15, 0.2) is 0 Å². The van der Waals surface area contributed by atoms with Gasteiger partial charge in [0.2, 0.25) is 0 Å². The van der Waals surface area contributed by atoms with Crippen molar-refractivity contribution in [3.63, 3.8) is 0 Å². The number of carbonyl (C=O) groups excluding carboxylic acids is 1. The smallest absolute Gasteiger partial charge is 0.269 e. The highest BCUT2D eigenvalue weighted by Gasteiger charge is 2.22. The van der Waals surface area contributed by atoms with E-state index < -0.39 is 0 Å². The first-order valence-electron chi connectivity index (χ1n) is 9.38. The number of amides is 1. The highest BCUT2D eigenvalue weighted by atomic mass is 32.1. The second-order valence-corrected chi connectivity index (χ2v) is 7.72. The highest BCUT2D eigenvalue weighted by Crippen LogP contribution is 2.18. The maximum Gasteiger partial charge on any atom is 0.269 e. The molecule has 0 atom stereocenters. The van der Waals surface area contributed by atoms with Crippen LogP contribution in [-0.2, 0) is 6.54 Å². The number of carbonyl (C=O) groups is 1. The maximum absolute atomic E-state index is 12.4. The van der Waals surface area contributed by atoms with Gasteiger partial charge in [-0.05, 0) is 29.9 Å². The standard InChI is InChI=1S/C21H22N4O2S/c26-20-12-19(13-22-25(20)14-16-4-2-1-3-5-16)24-9-6-18(7-10-24)23-21(27)17-8-11-28-15-17/h1-5,8,11-13,15,18H,6-7,9-10,14H2,(H,23,27). The molecule has 1 fully saturated rings. The number of benzene rings is 1. The minimum Gasteiger partial charge on any atom is -0.370 e. The molecule has 2 aromatic heterocycles. The van der Waals surface area contributed by atoms with Gasteiger partial charge in [-0.3, -0.25) is 9.59 Å². The van der Waals surface area contributed by atoms with E-state index in [2.05, 4.69) is 15.3 Å². The molecule has 3 heterocycles. The highest BCUT2D eigenvalue weighted by molar-refractivity contribution is 7.08. The van der Waals surface area contributed by atoms with E-state index in [-0.39, 0.29) is 17.5 Å². The van der Waals surface area contributed by atoms with Crippen LogP contribution < -0.4 is 15.8 Å². The van der Waals surface area contributed by atoms with E-state index in [0.29, 0.717) is 6.54 Å². The molecule has 0 unspecified atom stereocenters. The summed E-state index contributed by atoms with van der Waals surface area (Å²) in [5, 5.41) is 11.2. The number of nitrogens with zero attached hydrogens (tertiary/aromatic N) is 3. The fourth-order valence-electron chi connectivity index (χ4n) is 3.42. The third kappa shape index (κ3) is 4.31. The van der Waals surface area contributed by atoms with Gasteiger partial charge in [-0.25, -0.2) is 4.68 Å². The number of piperidine rings is 1. The van der Waals surface area contributed by atoms with Crippen LogP contribution in [0.3, 0.4) is 0 Å². The largest absolute Gasteiger partial charge is 0.370 e. The topological polar surface area (TPSA) is 67.2 Å². The lowest BCUT2D eigenvalue weighted by Gasteiger charge is -2.33. The molecule has 1 saturated heterocycles. The number of hydrogen-bond donors (Lipinski definition) is 1. The predicted molar refractivity (Wildman–Crippen MR) is 111 cm³/mol. The minimum absolute atomic E-state index is 0.00937. The Hall–Kier alpha value is -2.93. The summed E-state index contributed by atoms with van der Waals surface area (Å²) in [6, 6.07) is 13.5. The van der Waals surface area contributed by atoms with Crippen LogP contribution in [0, 0.1) is 0 Å². The summed E-state index contributed by atoms with van der Waals surface area (Å²) in [6.45, 7) is 2.05. The van der Waals surface area contributed by atoms with Gasteiger partial charge in [-0.1, -0.05) is 30.3 Å². The van der Waals surface area contributed by atoms with Crippen molar-refractivity contribution in [3.8, 4) is 0 Å². The molecule has 1 N–H and O–H groups in total. The third-order valence-electron chi connectivity index (χ3n) is 5.01. The lowest BCUT2D eigenvalue weighted by Crippen LogP contribution is -2.45. The molecule has 3 aromatic rings. The van der Waals surface area contributed by atoms with E-state index in [9.17, 15) is 9.59 Å². The molecule has 6 nitrogen and oxygen atoms in total. The van der Waals surface area contributed by atoms with Gasteiger partial charge in [-0.2, -0.15) is 16.4 Å². The quantitative estimate of drug-likeness (QED) is 0.723. The first-order chi connectivity index (χ1) is 13.7. The number of aromatic nitrogens is 2. The molecular weight excluding hydrogens is 372 g/mol. The average Bonchev–Trinajstić information content (AvgIpc) is 3.26. The first kappa shape index (κ1) is 18.4. The van der Waals surface area contributed by atoms with Crippen LogP contribution >= 0.6 is 11.3 Å². The van der Waals surface area contributed by atoms with Gasteiger partial charge in [-0.15, -0.1) is 0 Å². The molecule has 1 amide bonds. The van der Waals surface area contributed by atoms with E-state index in [1.807, 2.05) is 47.2 Å². The van der Waals surface area contributed by atoms with Crippen LogP contribution in [0.1, 0.15) is 28.8 Å². The zero-order chi connectivity index (χ0) is 19.3. The van der Waals surface area contributed by atoms with Crippen LogP contribution in [0.4, 0.5) is 5.69 Å². The van der Waals surface area contributed by atoms with Crippen molar-refractivity contribution >= 4 is 22.9 Å². The number of anilines is 1. The molecule has 0 radical (unpaired) electrons. The van der Waals surface area contributed by atoms with Crippen molar-refractivity contribution in [2.24, 2.45) is 0 Å². The second kappa shape index (κ2) is 8.39. The Balaban J connectivity index is 1.35. The Morgan fingerprint density at radius 2 is 1.96 bits per heavy atom. The molecule has 144 valence electrons. The Bertz CT molecular complexity index is 977. The molecule has 0 aliphatic carbocycles. The molecule has 28 heavy (non-hydrogen) atoms. The van der Waals surface area contributed by atoms with Crippen molar-refractivity contribution in [3.05, 3.63) is 80.9 Å². The van der Waals surface area contributed by atoms with E-state index in [4.69, 9.17) is 0 Å². The fraction of sp³-hybridized carbons (Fsp3) is 0.286. The number of hydrogen-bond acceptors (Lipinski definition) is 5. The van der Waals surface area contributed by atoms with Gasteiger partial charge in [0.25, 0.3) is 11.5 Å².